The average Bonchev–Trinajstić information content (AvgIpc) is 2.76. The molecule has 166 valence electrons. The van der Waals surface area contributed by atoms with Crippen LogP contribution in [0.1, 0.15) is 12.0 Å². The molecule has 3 rings (SSSR count). The number of benzene rings is 3. The van der Waals surface area contributed by atoms with E-state index < -0.39 is 15.8 Å². The maximum atomic E-state index is 13.0. The summed E-state index contributed by atoms with van der Waals surface area (Å²) in [5.74, 6) is -0.980. The summed E-state index contributed by atoms with van der Waals surface area (Å²) in [4.78, 5) is 23.9. The monoisotopic (exact) mass is 455 g/mol. The normalized spacial score (nSPS) is 10.9. The summed E-state index contributed by atoms with van der Waals surface area (Å²) in [6.07, 6.45) is 0.344. The Kier molecular flexibility index (Phi) is 7.56. The molecule has 3 aromatic rings. The van der Waals surface area contributed by atoms with Gasteiger partial charge in [-0.2, -0.15) is 0 Å². The Morgan fingerprint density at radius 3 is 2.06 bits per heavy atom. The fourth-order valence-corrected chi connectivity index (χ4v) is 3.89. The summed E-state index contributed by atoms with van der Waals surface area (Å²) in [5, 5.41) is 5.39. The van der Waals surface area contributed by atoms with Gasteiger partial charge in [0.2, 0.25) is 11.8 Å². The summed E-state index contributed by atoms with van der Waals surface area (Å²) in [6.45, 7) is 0.201. The van der Waals surface area contributed by atoms with E-state index in [1.807, 2.05) is 30.3 Å². The topological polar surface area (TPSA) is 104 Å². The Morgan fingerprint density at radius 2 is 1.41 bits per heavy atom. The first-order chi connectivity index (χ1) is 15.3. The zero-order valence-electron chi connectivity index (χ0n) is 17.0. The van der Waals surface area contributed by atoms with Crippen molar-refractivity contribution in [3.63, 3.8) is 0 Å². The molecular formula is C23H22FN3O4S. The lowest BCUT2D eigenvalue weighted by Gasteiger charge is -2.10. The predicted octanol–water partition coefficient (Wildman–Crippen LogP) is 3.31. The van der Waals surface area contributed by atoms with Crippen LogP contribution in [0.3, 0.4) is 0 Å². The summed E-state index contributed by atoms with van der Waals surface area (Å²) in [6, 6.07) is 19.9. The SMILES string of the molecule is O=C(Cc1ccccc1)NCCC(=O)Nc1ccc(NS(=O)(=O)c2ccc(F)cc2)cc1. The number of rotatable bonds is 9. The van der Waals surface area contributed by atoms with E-state index in [0.29, 0.717) is 11.4 Å². The number of amides is 2. The molecule has 0 fully saturated rings. The molecule has 0 atom stereocenters. The molecule has 3 aromatic carbocycles. The summed E-state index contributed by atoms with van der Waals surface area (Å²) >= 11 is 0. The third kappa shape index (κ3) is 6.92. The van der Waals surface area contributed by atoms with Crippen molar-refractivity contribution in [3.8, 4) is 0 Å². The number of carbonyl (C=O) groups is 2. The van der Waals surface area contributed by atoms with Gasteiger partial charge in [-0.15, -0.1) is 0 Å². The van der Waals surface area contributed by atoms with Crippen LogP contribution in [0, 0.1) is 5.82 Å². The van der Waals surface area contributed by atoms with Crippen molar-refractivity contribution >= 4 is 33.2 Å². The van der Waals surface area contributed by atoms with Crippen molar-refractivity contribution in [3.05, 3.63) is 90.2 Å². The molecule has 9 heteroatoms. The average molecular weight is 456 g/mol. The van der Waals surface area contributed by atoms with Gasteiger partial charge in [0.15, 0.2) is 0 Å². The zero-order valence-corrected chi connectivity index (χ0v) is 17.9. The third-order valence-corrected chi connectivity index (χ3v) is 5.82. The third-order valence-electron chi connectivity index (χ3n) is 4.43. The van der Waals surface area contributed by atoms with E-state index >= 15 is 0 Å². The van der Waals surface area contributed by atoms with Gasteiger partial charge >= 0.3 is 0 Å². The van der Waals surface area contributed by atoms with Crippen LogP contribution < -0.4 is 15.4 Å². The number of hydrogen-bond acceptors (Lipinski definition) is 4. The van der Waals surface area contributed by atoms with Crippen molar-refractivity contribution in [2.75, 3.05) is 16.6 Å². The van der Waals surface area contributed by atoms with Crippen molar-refractivity contribution in [2.45, 2.75) is 17.7 Å². The van der Waals surface area contributed by atoms with Crippen molar-refractivity contribution < 1.29 is 22.4 Å². The van der Waals surface area contributed by atoms with Gasteiger partial charge in [0.1, 0.15) is 5.82 Å². The number of halogens is 1. The van der Waals surface area contributed by atoms with Gasteiger partial charge in [0.25, 0.3) is 10.0 Å². The van der Waals surface area contributed by atoms with Crippen molar-refractivity contribution in [2.24, 2.45) is 0 Å². The van der Waals surface area contributed by atoms with Crippen LogP contribution in [0.5, 0.6) is 0 Å². The molecule has 0 radical (unpaired) electrons. The van der Waals surface area contributed by atoms with Crippen molar-refractivity contribution in [1.82, 2.24) is 5.32 Å². The molecule has 32 heavy (non-hydrogen) atoms. The van der Waals surface area contributed by atoms with Gasteiger partial charge in [0.05, 0.1) is 11.3 Å². The van der Waals surface area contributed by atoms with E-state index in [0.717, 1.165) is 17.7 Å². The van der Waals surface area contributed by atoms with Gasteiger partial charge in [-0.05, 0) is 54.1 Å². The standard InChI is InChI=1S/C23H22FN3O4S/c24-18-6-12-21(13-7-18)32(30,31)27-20-10-8-19(9-11-20)26-22(28)14-15-25-23(29)16-17-4-2-1-3-5-17/h1-13,27H,14-16H2,(H,25,29)(H,26,28). The minimum Gasteiger partial charge on any atom is -0.355 e. The molecule has 0 spiro atoms. The molecule has 0 aromatic heterocycles. The maximum Gasteiger partial charge on any atom is 0.261 e. The highest BCUT2D eigenvalue weighted by Gasteiger charge is 2.14. The quantitative estimate of drug-likeness (QED) is 0.460. The molecule has 0 bridgehead atoms. The first-order valence-electron chi connectivity index (χ1n) is 9.81. The highest BCUT2D eigenvalue weighted by molar-refractivity contribution is 7.92. The first kappa shape index (κ1) is 23.0. The molecule has 2 amide bonds. The van der Waals surface area contributed by atoms with Crippen LogP contribution in [0.2, 0.25) is 0 Å². The number of sulfonamides is 1. The first-order valence-corrected chi connectivity index (χ1v) is 11.3. The molecule has 0 aliphatic carbocycles. The molecule has 0 saturated carbocycles. The Morgan fingerprint density at radius 1 is 0.781 bits per heavy atom. The largest absolute Gasteiger partial charge is 0.355 e. The molecule has 0 saturated heterocycles. The van der Waals surface area contributed by atoms with Crippen LogP contribution >= 0.6 is 0 Å². The van der Waals surface area contributed by atoms with Gasteiger partial charge in [-0.25, -0.2) is 12.8 Å². The number of anilines is 2. The van der Waals surface area contributed by atoms with Crippen LogP contribution in [0.15, 0.2) is 83.8 Å². The smallest absolute Gasteiger partial charge is 0.261 e. The Bertz CT molecular complexity index is 1170. The zero-order chi connectivity index (χ0) is 23.0. The lowest BCUT2D eigenvalue weighted by Crippen LogP contribution is -2.28. The highest BCUT2D eigenvalue weighted by Crippen LogP contribution is 2.19. The minimum atomic E-state index is -3.85. The summed E-state index contributed by atoms with van der Waals surface area (Å²) in [7, 11) is -3.85. The van der Waals surface area contributed by atoms with Crippen LogP contribution in [-0.4, -0.2) is 26.8 Å². The van der Waals surface area contributed by atoms with Gasteiger partial charge in [-0.1, -0.05) is 30.3 Å². The van der Waals surface area contributed by atoms with Crippen LogP contribution in [0.4, 0.5) is 15.8 Å². The molecule has 0 aliphatic rings. The minimum absolute atomic E-state index is 0.0643. The van der Waals surface area contributed by atoms with Gasteiger partial charge in [0, 0.05) is 24.3 Å². The van der Waals surface area contributed by atoms with Crippen LogP contribution in [-0.2, 0) is 26.0 Å². The van der Waals surface area contributed by atoms with E-state index in [1.165, 1.54) is 24.3 Å². The Balaban J connectivity index is 1.45. The second kappa shape index (κ2) is 10.5. The fraction of sp³-hybridized carbons (Fsp3) is 0.130. The lowest BCUT2D eigenvalue weighted by atomic mass is 10.1. The highest BCUT2D eigenvalue weighted by atomic mass is 32.2. The lowest BCUT2D eigenvalue weighted by molar-refractivity contribution is -0.120. The summed E-state index contributed by atoms with van der Waals surface area (Å²) < 4.78 is 40.0. The van der Waals surface area contributed by atoms with Gasteiger partial charge < -0.3 is 10.6 Å². The molecule has 0 heterocycles. The van der Waals surface area contributed by atoms with Gasteiger partial charge in [-0.3, -0.25) is 14.3 Å². The summed E-state index contributed by atoms with van der Waals surface area (Å²) in [5.41, 5.74) is 1.67. The molecule has 0 unspecified atom stereocenters. The van der Waals surface area contributed by atoms with E-state index in [-0.39, 0.29) is 36.1 Å². The van der Waals surface area contributed by atoms with E-state index in [9.17, 15) is 22.4 Å². The number of nitrogens with one attached hydrogen (secondary N) is 3. The Hall–Kier alpha value is -3.72. The second-order valence-electron chi connectivity index (χ2n) is 6.95. The molecule has 0 aliphatic heterocycles. The maximum absolute atomic E-state index is 13.0. The fourth-order valence-electron chi connectivity index (χ4n) is 2.83. The molecule has 3 N–H and O–H groups in total. The van der Waals surface area contributed by atoms with Crippen LogP contribution in [0.25, 0.3) is 0 Å². The number of carbonyl (C=O) groups excluding carboxylic acids is 2. The molecule has 7 nitrogen and oxygen atoms in total. The molecular weight excluding hydrogens is 433 g/mol. The van der Waals surface area contributed by atoms with E-state index in [1.54, 1.807) is 12.1 Å². The number of hydrogen-bond donors (Lipinski definition) is 3. The van der Waals surface area contributed by atoms with E-state index in [2.05, 4.69) is 15.4 Å². The Labute approximate surface area is 185 Å². The van der Waals surface area contributed by atoms with E-state index in [4.69, 9.17) is 0 Å². The second-order valence-corrected chi connectivity index (χ2v) is 8.63. The predicted molar refractivity (Wildman–Crippen MR) is 120 cm³/mol. The van der Waals surface area contributed by atoms with Crippen molar-refractivity contribution in [1.29, 1.82) is 0 Å².